The minimum atomic E-state index is -0.696. The summed E-state index contributed by atoms with van der Waals surface area (Å²) in [6.07, 6.45) is 0. The van der Waals surface area contributed by atoms with Crippen molar-refractivity contribution in [2.75, 3.05) is 11.9 Å². The van der Waals surface area contributed by atoms with Crippen LogP contribution in [0.25, 0.3) is 0 Å². The summed E-state index contributed by atoms with van der Waals surface area (Å²) in [5.74, 6) is -1.89. The highest BCUT2D eigenvalue weighted by atomic mass is 16.5. The molecule has 2 aromatic rings. The molecule has 0 aromatic heterocycles. The molecule has 0 saturated heterocycles. The van der Waals surface area contributed by atoms with E-state index in [-0.39, 0.29) is 16.9 Å². The summed E-state index contributed by atoms with van der Waals surface area (Å²) in [4.78, 5) is 45.8. The number of benzene rings is 2. The fourth-order valence-corrected chi connectivity index (χ4v) is 1.97. The van der Waals surface area contributed by atoms with Crippen LogP contribution in [-0.4, -0.2) is 30.2 Å². The van der Waals surface area contributed by atoms with Gasteiger partial charge in [-0.25, -0.2) is 4.79 Å². The Morgan fingerprint density at radius 3 is 1.92 bits per heavy atom. The molecule has 0 aliphatic carbocycles. The predicted octanol–water partition coefficient (Wildman–Crippen LogP) is 1.78. The van der Waals surface area contributed by atoms with Crippen molar-refractivity contribution in [2.45, 2.75) is 6.92 Å². The maximum atomic E-state index is 11.8. The Morgan fingerprint density at radius 1 is 0.880 bits per heavy atom. The molecule has 0 aliphatic rings. The molecular formula is C18H16N2O5. The fourth-order valence-electron chi connectivity index (χ4n) is 1.97. The first-order chi connectivity index (χ1) is 11.9. The molecule has 7 nitrogen and oxygen atoms in total. The average molecular weight is 340 g/mol. The van der Waals surface area contributed by atoms with E-state index in [0.717, 1.165) is 0 Å². The third-order valence-electron chi connectivity index (χ3n) is 3.31. The molecule has 0 saturated carbocycles. The number of ketones is 1. The van der Waals surface area contributed by atoms with Gasteiger partial charge in [0.1, 0.15) is 0 Å². The van der Waals surface area contributed by atoms with Crippen molar-refractivity contribution < 1.29 is 23.9 Å². The average Bonchev–Trinajstić information content (AvgIpc) is 2.60. The van der Waals surface area contributed by atoms with Crippen molar-refractivity contribution in [3.8, 4) is 0 Å². The lowest BCUT2D eigenvalue weighted by Crippen LogP contribution is -2.21. The van der Waals surface area contributed by atoms with Crippen molar-refractivity contribution in [2.24, 2.45) is 5.73 Å². The Labute approximate surface area is 143 Å². The number of Topliss-reactive ketones (excluding diaryl/α,β-unsaturated/α-hetero) is 1. The zero-order valence-electron chi connectivity index (χ0n) is 13.4. The van der Waals surface area contributed by atoms with Gasteiger partial charge >= 0.3 is 5.97 Å². The maximum absolute atomic E-state index is 11.8. The van der Waals surface area contributed by atoms with Gasteiger partial charge in [-0.1, -0.05) is 0 Å². The number of primary amides is 1. The van der Waals surface area contributed by atoms with Crippen LogP contribution in [0.2, 0.25) is 0 Å². The molecule has 2 aromatic carbocycles. The monoisotopic (exact) mass is 340 g/mol. The highest BCUT2D eigenvalue weighted by molar-refractivity contribution is 5.98. The van der Waals surface area contributed by atoms with Crippen LogP contribution in [0, 0.1) is 0 Å². The van der Waals surface area contributed by atoms with E-state index in [2.05, 4.69) is 5.32 Å². The Hall–Kier alpha value is -3.48. The van der Waals surface area contributed by atoms with E-state index in [9.17, 15) is 19.2 Å². The van der Waals surface area contributed by atoms with Gasteiger partial charge < -0.3 is 15.8 Å². The number of nitrogens with two attached hydrogens (primary N) is 1. The zero-order valence-corrected chi connectivity index (χ0v) is 13.4. The molecule has 128 valence electrons. The van der Waals surface area contributed by atoms with Crippen molar-refractivity contribution in [1.82, 2.24) is 0 Å². The zero-order chi connectivity index (χ0) is 18.4. The van der Waals surface area contributed by atoms with E-state index < -0.39 is 24.4 Å². The van der Waals surface area contributed by atoms with Gasteiger partial charge in [0, 0.05) is 16.8 Å². The van der Waals surface area contributed by atoms with E-state index >= 15 is 0 Å². The SMILES string of the molecule is CC(=O)c1ccc(NC(=O)COC(=O)c2ccc(C(N)=O)cc2)cc1. The number of anilines is 1. The topological polar surface area (TPSA) is 116 Å². The first-order valence-electron chi connectivity index (χ1n) is 7.34. The first kappa shape index (κ1) is 17.9. The van der Waals surface area contributed by atoms with Crippen molar-refractivity contribution in [3.05, 3.63) is 65.2 Å². The number of ether oxygens (including phenoxy) is 1. The summed E-state index contributed by atoms with van der Waals surface area (Å²) in [6, 6.07) is 11.9. The summed E-state index contributed by atoms with van der Waals surface area (Å²) in [5.41, 5.74) is 6.59. The molecule has 0 spiro atoms. The Balaban J connectivity index is 1.87. The summed E-state index contributed by atoms with van der Waals surface area (Å²) in [7, 11) is 0. The molecule has 7 heteroatoms. The molecule has 0 aliphatic heterocycles. The van der Waals surface area contributed by atoms with Crippen LogP contribution in [0.3, 0.4) is 0 Å². The second kappa shape index (κ2) is 7.87. The summed E-state index contributed by atoms with van der Waals surface area (Å²) >= 11 is 0. The highest BCUT2D eigenvalue weighted by Gasteiger charge is 2.11. The number of nitrogens with one attached hydrogen (secondary N) is 1. The molecule has 0 bridgehead atoms. The van der Waals surface area contributed by atoms with Crippen LogP contribution in [0.5, 0.6) is 0 Å². The highest BCUT2D eigenvalue weighted by Crippen LogP contribution is 2.10. The molecular weight excluding hydrogens is 324 g/mol. The quantitative estimate of drug-likeness (QED) is 0.614. The van der Waals surface area contributed by atoms with Gasteiger partial charge in [0.15, 0.2) is 12.4 Å². The minimum Gasteiger partial charge on any atom is -0.452 e. The second-order valence-electron chi connectivity index (χ2n) is 5.20. The summed E-state index contributed by atoms with van der Waals surface area (Å²) in [6.45, 7) is 0.980. The fraction of sp³-hybridized carbons (Fsp3) is 0.111. The van der Waals surface area contributed by atoms with Crippen molar-refractivity contribution in [1.29, 1.82) is 0 Å². The third kappa shape index (κ3) is 5.00. The van der Waals surface area contributed by atoms with Crippen LogP contribution < -0.4 is 11.1 Å². The molecule has 0 unspecified atom stereocenters. The normalized spacial score (nSPS) is 9.96. The van der Waals surface area contributed by atoms with Crippen LogP contribution in [-0.2, 0) is 9.53 Å². The lowest BCUT2D eigenvalue weighted by Gasteiger charge is -2.07. The van der Waals surface area contributed by atoms with Crippen LogP contribution >= 0.6 is 0 Å². The molecule has 0 heterocycles. The number of esters is 1. The Kier molecular flexibility index (Phi) is 5.62. The van der Waals surface area contributed by atoms with Gasteiger partial charge in [0.05, 0.1) is 5.56 Å². The molecule has 3 N–H and O–H groups in total. The van der Waals surface area contributed by atoms with Gasteiger partial charge in [0.25, 0.3) is 5.91 Å². The lowest BCUT2D eigenvalue weighted by atomic mass is 10.1. The van der Waals surface area contributed by atoms with Crippen LogP contribution in [0.4, 0.5) is 5.69 Å². The molecule has 2 rings (SSSR count). The molecule has 2 amide bonds. The number of rotatable bonds is 6. The predicted molar refractivity (Wildman–Crippen MR) is 90.3 cm³/mol. The van der Waals surface area contributed by atoms with E-state index in [1.165, 1.54) is 31.2 Å². The molecule has 0 fully saturated rings. The van der Waals surface area contributed by atoms with Crippen molar-refractivity contribution >= 4 is 29.3 Å². The van der Waals surface area contributed by atoms with E-state index in [0.29, 0.717) is 11.3 Å². The number of carbonyl (C=O) groups excluding carboxylic acids is 4. The van der Waals surface area contributed by atoms with Gasteiger partial charge in [-0.05, 0) is 55.5 Å². The Morgan fingerprint density at radius 2 is 1.40 bits per heavy atom. The number of hydrogen-bond acceptors (Lipinski definition) is 5. The molecule has 0 atom stereocenters. The van der Waals surface area contributed by atoms with Gasteiger partial charge in [-0.3, -0.25) is 14.4 Å². The van der Waals surface area contributed by atoms with E-state index in [4.69, 9.17) is 10.5 Å². The lowest BCUT2D eigenvalue weighted by molar-refractivity contribution is -0.119. The molecule has 0 radical (unpaired) electrons. The summed E-state index contributed by atoms with van der Waals surface area (Å²) in [5, 5.41) is 2.55. The second-order valence-corrected chi connectivity index (χ2v) is 5.20. The third-order valence-corrected chi connectivity index (χ3v) is 3.31. The number of amides is 2. The van der Waals surface area contributed by atoms with E-state index in [1.54, 1.807) is 24.3 Å². The Bertz CT molecular complexity index is 810. The van der Waals surface area contributed by atoms with Gasteiger partial charge in [-0.2, -0.15) is 0 Å². The van der Waals surface area contributed by atoms with Crippen molar-refractivity contribution in [3.63, 3.8) is 0 Å². The van der Waals surface area contributed by atoms with Gasteiger partial charge in [-0.15, -0.1) is 0 Å². The van der Waals surface area contributed by atoms with E-state index in [1.807, 2.05) is 0 Å². The molecule has 25 heavy (non-hydrogen) atoms. The number of carbonyl (C=O) groups is 4. The minimum absolute atomic E-state index is 0.0749. The van der Waals surface area contributed by atoms with Gasteiger partial charge in [0.2, 0.25) is 5.91 Å². The maximum Gasteiger partial charge on any atom is 0.338 e. The van der Waals surface area contributed by atoms with Crippen LogP contribution in [0.15, 0.2) is 48.5 Å². The smallest absolute Gasteiger partial charge is 0.338 e. The standard InChI is InChI=1S/C18H16N2O5/c1-11(21)12-6-8-15(9-7-12)20-16(22)10-25-18(24)14-4-2-13(3-5-14)17(19)23/h2-9H,10H2,1H3,(H2,19,23)(H,20,22). The number of hydrogen-bond donors (Lipinski definition) is 2. The first-order valence-corrected chi connectivity index (χ1v) is 7.34. The summed E-state index contributed by atoms with van der Waals surface area (Å²) < 4.78 is 4.90. The van der Waals surface area contributed by atoms with Crippen LogP contribution in [0.1, 0.15) is 38.0 Å². The largest absolute Gasteiger partial charge is 0.452 e.